The third-order valence-electron chi connectivity index (χ3n) is 2.34. The standard InChI is InChI=1S/C11H21NO2S2/c1-2-7-14-8-6-12-11(13)4-3-10-5-9-15-16-10/h10H,2-9H2,1H3,(H,12,13). The van der Waals surface area contributed by atoms with Crippen LogP contribution < -0.4 is 5.32 Å². The molecule has 1 fully saturated rings. The average Bonchev–Trinajstić information content (AvgIpc) is 2.79. The summed E-state index contributed by atoms with van der Waals surface area (Å²) < 4.78 is 5.29. The molecule has 1 aliphatic heterocycles. The quantitative estimate of drug-likeness (QED) is 0.539. The maximum Gasteiger partial charge on any atom is 0.220 e. The summed E-state index contributed by atoms with van der Waals surface area (Å²) in [4.78, 5) is 11.4. The van der Waals surface area contributed by atoms with Crippen LogP contribution in [0.4, 0.5) is 0 Å². The van der Waals surface area contributed by atoms with Gasteiger partial charge in [0.1, 0.15) is 0 Å². The van der Waals surface area contributed by atoms with Crippen molar-refractivity contribution in [2.45, 2.75) is 37.9 Å². The minimum Gasteiger partial charge on any atom is -0.380 e. The summed E-state index contributed by atoms with van der Waals surface area (Å²) in [5.74, 6) is 1.40. The number of ether oxygens (including phenoxy) is 1. The van der Waals surface area contributed by atoms with Gasteiger partial charge in [0.15, 0.2) is 0 Å². The zero-order valence-corrected chi connectivity index (χ0v) is 11.5. The molecule has 1 amide bonds. The first-order chi connectivity index (χ1) is 7.83. The van der Waals surface area contributed by atoms with Gasteiger partial charge in [0.25, 0.3) is 0 Å². The Morgan fingerprint density at radius 3 is 3.06 bits per heavy atom. The van der Waals surface area contributed by atoms with Gasteiger partial charge in [-0.2, -0.15) is 0 Å². The number of hydrogen-bond donors (Lipinski definition) is 1. The zero-order chi connectivity index (χ0) is 11.6. The zero-order valence-electron chi connectivity index (χ0n) is 9.87. The predicted octanol–water partition coefficient (Wildman–Crippen LogP) is 2.46. The summed E-state index contributed by atoms with van der Waals surface area (Å²) in [6.45, 7) is 4.14. The van der Waals surface area contributed by atoms with Gasteiger partial charge < -0.3 is 10.1 Å². The van der Waals surface area contributed by atoms with Gasteiger partial charge >= 0.3 is 0 Å². The molecular formula is C11H21NO2S2. The molecule has 0 radical (unpaired) electrons. The van der Waals surface area contributed by atoms with E-state index >= 15 is 0 Å². The van der Waals surface area contributed by atoms with Crippen LogP contribution in [0.15, 0.2) is 0 Å². The molecule has 1 atom stereocenters. The normalized spacial score (nSPS) is 19.9. The molecule has 1 saturated heterocycles. The first kappa shape index (κ1) is 14.2. The highest BCUT2D eigenvalue weighted by Gasteiger charge is 2.17. The topological polar surface area (TPSA) is 38.3 Å². The van der Waals surface area contributed by atoms with Crippen molar-refractivity contribution in [1.29, 1.82) is 0 Å². The smallest absolute Gasteiger partial charge is 0.220 e. The number of nitrogens with one attached hydrogen (secondary N) is 1. The molecule has 0 spiro atoms. The molecule has 3 nitrogen and oxygen atoms in total. The molecule has 0 bridgehead atoms. The minimum atomic E-state index is 0.164. The number of amides is 1. The molecule has 0 aromatic heterocycles. The lowest BCUT2D eigenvalue weighted by atomic mass is 10.2. The molecule has 1 N–H and O–H groups in total. The Morgan fingerprint density at radius 1 is 1.50 bits per heavy atom. The Labute approximate surface area is 106 Å². The van der Waals surface area contributed by atoms with Crippen LogP contribution in [0.5, 0.6) is 0 Å². The van der Waals surface area contributed by atoms with E-state index in [1.54, 1.807) is 0 Å². The fourth-order valence-electron chi connectivity index (χ4n) is 1.45. The Kier molecular flexibility index (Phi) is 8.15. The van der Waals surface area contributed by atoms with Crippen molar-refractivity contribution in [3.63, 3.8) is 0 Å². The van der Waals surface area contributed by atoms with Crippen LogP contribution in [0.1, 0.15) is 32.6 Å². The molecule has 94 valence electrons. The number of carbonyl (C=O) groups is 1. The Morgan fingerprint density at radius 2 is 2.38 bits per heavy atom. The van der Waals surface area contributed by atoms with Crippen molar-refractivity contribution in [2.75, 3.05) is 25.5 Å². The fourth-order valence-corrected chi connectivity index (χ4v) is 4.43. The van der Waals surface area contributed by atoms with E-state index in [0.29, 0.717) is 24.8 Å². The fraction of sp³-hybridized carbons (Fsp3) is 0.909. The average molecular weight is 263 g/mol. The van der Waals surface area contributed by atoms with Gasteiger partial charge in [-0.15, -0.1) is 0 Å². The van der Waals surface area contributed by atoms with Crippen LogP contribution in [0.2, 0.25) is 0 Å². The van der Waals surface area contributed by atoms with Gasteiger partial charge in [-0.25, -0.2) is 0 Å². The van der Waals surface area contributed by atoms with Crippen LogP contribution in [-0.2, 0) is 9.53 Å². The van der Waals surface area contributed by atoms with E-state index < -0.39 is 0 Å². The lowest BCUT2D eigenvalue weighted by Gasteiger charge is -2.08. The van der Waals surface area contributed by atoms with E-state index in [1.807, 2.05) is 21.6 Å². The van der Waals surface area contributed by atoms with Gasteiger partial charge in [-0.05, 0) is 19.3 Å². The Bertz CT molecular complexity index is 196. The lowest BCUT2D eigenvalue weighted by molar-refractivity contribution is -0.121. The van der Waals surface area contributed by atoms with Gasteiger partial charge in [0.2, 0.25) is 5.91 Å². The molecule has 0 saturated carbocycles. The molecular weight excluding hydrogens is 242 g/mol. The molecule has 0 aromatic rings. The number of rotatable bonds is 8. The van der Waals surface area contributed by atoms with Crippen molar-refractivity contribution in [3.05, 3.63) is 0 Å². The molecule has 0 aromatic carbocycles. The summed E-state index contributed by atoms with van der Waals surface area (Å²) in [7, 11) is 3.86. The van der Waals surface area contributed by atoms with Crippen LogP contribution in [0.3, 0.4) is 0 Å². The van der Waals surface area contributed by atoms with E-state index in [2.05, 4.69) is 12.2 Å². The highest BCUT2D eigenvalue weighted by Crippen LogP contribution is 2.39. The molecule has 16 heavy (non-hydrogen) atoms. The molecule has 1 rings (SSSR count). The first-order valence-electron chi connectivity index (χ1n) is 5.95. The van der Waals surface area contributed by atoms with Crippen molar-refractivity contribution in [2.24, 2.45) is 0 Å². The van der Waals surface area contributed by atoms with Crippen LogP contribution in [-0.4, -0.2) is 36.7 Å². The van der Waals surface area contributed by atoms with Gasteiger partial charge in [-0.3, -0.25) is 4.79 Å². The Balaban J connectivity index is 1.90. The van der Waals surface area contributed by atoms with Crippen LogP contribution >= 0.6 is 21.6 Å². The van der Waals surface area contributed by atoms with Crippen molar-refractivity contribution < 1.29 is 9.53 Å². The molecule has 1 aliphatic rings. The SMILES string of the molecule is CCCOCCNC(=O)CCC1CCSS1. The maximum atomic E-state index is 11.4. The summed E-state index contributed by atoms with van der Waals surface area (Å²) in [6, 6.07) is 0. The maximum absolute atomic E-state index is 11.4. The van der Waals surface area contributed by atoms with E-state index in [4.69, 9.17) is 4.74 Å². The summed E-state index contributed by atoms with van der Waals surface area (Å²) >= 11 is 0. The second-order valence-corrected chi connectivity index (χ2v) is 6.62. The molecule has 1 unspecified atom stereocenters. The monoisotopic (exact) mass is 263 g/mol. The van der Waals surface area contributed by atoms with Crippen LogP contribution in [0, 0.1) is 0 Å². The second kappa shape index (κ2) is 9.19. The van der Waals surface area contributed by atoms with E-state index in [9.17, 15) is 4.79 Å². The highest BCUT2D eigenvalue weighted by atomic mass is 33.1. The Hall–Kier alpha value is 0.130. The largest absolute Gasteiger partial charge is 0.380 e. The summed E-state index contributed by atoms with van der Waals surface area (Å²) in [5, 5.41) is 3.57. The van der Waals surface area contributed by atoms with Crippen LogP contribution in [0.25, 0.3) is 0 Å². The van der Waals surface area contributed by atoms with E-state index in [1.165, 1.54) is 12.2 Å². The lowest BCUT2D eigenvalue weighted by Crippen LogP contribution is -2.27. The van der Waals surface area contributed by atoms with Crippen molar-refractivity contribution in [1.82, 2.24) is 5.32 Å². The van der Waals surface area contributed by atoms with E-state index in [0.717, 1.165) is 19.4 Å². The first-order valence-corrected chi connectivity index (χ1v) is 8.34. The third kappa shape index (κ3) is 6.66. The molecule has 0 aliphatic carbocycles. The number of hydrogen-bond acceptors (Lipinski definition) is 4. The third-order valence-corrected chi connectivity index (χ3v) is 5.34. The molecule has 5 heteroatoms. The predicted molar refractivity (Wildman–Crippen MR) is 71.8 cm³/mol. The van der Waals surface area contributed by atoms with Gasteiger partial charge in [0.05, 0.1) is 6.61 Å². The van der Waals surface area contributed by atoms with Crippen molar-refractivity contribution >= 4 is 27.5 Å². The minimum absolute atomic E-state index is 0.164. The number of carbonyl (C=O) groups excluding carboxylic acids is 1. The highest BCUT2D eigenvalue weighted by molar-refractivity contribution is 8.77. The van der Waals surface area contributed by atoms with Crippen molar-refractivity contribution in [3.8, 4) is 0 Å². The van der Waals surface area contributed by atoms with Gasteiger partial charge in [-0.1, -0.05) is 28.5 Å². The summed E-state index contributed by atoms with van der Waals surface area (Å²) in [6.07, 6.45) is 3.96. The summed E-state index contributed by atoms with van der Waals surface area (Å²) in [5.41, 5.74) is 0. The molecule has 1 heterocycles. The van der Waals surface area contributed by atoms with E-state index in [-0.39, 0.29) is 5.91 Å². The van der Waals surface area contributed by atoms with Gasteiger partial charge in [0, 0.05) is 30.6 Å². The second-order valence-electron chi connectivity index (χ2n) is 3.83.